The van der Waals surface area contributed by atoms with Gasteiger partial charge in [-0.2, -0.15) is 0 Å². The molecule has 1 aliphatic carbocycles. The van der Waals surface area contributed by atoms with Crippen molar-refractivity contribution < 1.29 is 0 Å². The third kappa shape index (κ3) is 1.46. The van der Waals surface area contributed by atoms with Gasteiger partial charge in [-0.3, -0.25) is 0 Å². The Morgan fingerprint density at radius 1 is 1.43 bits per heavy atom. The van der Waals surface area contributed by atoms with Crippen LogP contribution in [0.3, 0.4) is 0 Å². The summed E-state index contributed by atoms with van der Waals surface area (Å²) in [5, 5.41) is 0. The molecule has 0 aromatic heterocycles. The maximum Gasteiger partial charge on any atom is -0.00430 e. The van der Waals surface area contributed by atoms with E-state index in [2.05, 4.69) is 32.0 Å². The molecule has 1 aromatic carbocycles. The molecular weight excluding hydrogens is 170 g/mol. The number of hydrogen-bond donors (Lipinski definition) is 1. The van der Waals surface area contributed by atoms with Gasteiger partial charge in [-0.15, -0.1) is 0 Å². The Bertz CT molecular complexity index is 330. The Balaban J connectivity index is 2.43. The summed E-state index contributed by atoms with van der Waals surface area (Å²) in [6.45, 7) is 5.37. The molecule has 0 spiro atoms. The topological polar surface area (TPSA) is 26.0 Å². The van der Waals surface area contributed by atoms with Crippen LogP contribution in [-0.4, -0.2) is 6.54 Å². The van der Waals surface area contributed by atoms with Crippen molar-refractivity contribution in [3.63, 3.8) is 0 Å². The third-order valence-corrected chi connectivity index (χ3v) is 3.66. The maximum absolute atomic E-state index is 5.80. The molecule has 1 aromatic rings. The van der Waals surface area contributed by atoms with Crippen molar-refractivity contribution in [1.82, 2.24) is 0 Å². The van der Waals surface area contributed by atoms with Crippen LogP contribution in [0.25, 0.3) is 0 Å². The first kappa shape index (κ1) is 9.72. The highest BCUT2D eigenvalue weighted by Gasteiger charge is 2.25. The van der Waals surface area contributed by atoms with E-state index in [1.54, 1.807) is 11.1 Å². The zero-order chi connectivity index (χ0) is 10.1. The zero-order valence-corrected chi connectivity index (χ0v) is 9.09. The Morgan fingerprint density at radius 3 is 2.93 bits per heavy atom. The highest BCUT2D eigenvalue weighted by Crippen LogP contribution is 2.36. The number of rotatable bonds is 1. The van der Waals surface area contributed by atoms with Gasteiger partial charge in [0.25, 0.3) is 0 Å². The molecule has 76 valence electrons. The monoisotopic (exact) mass is 189 g/mol. The lowest BCUT2D eigenvalue weighted by Crippen LogP contribution is -2.26. The van der Waals surface area contributed by atoms with E-state index in [1.807, 2.05) is 0 Å². The van der Waals surface area contributed by atoms with Crippen molar-refractivity contribution in [2.45, 2.75) is 32.6 Å². The zero-order valence-electron chi connectivity index (χ0n) is 9.09. The molecule has 1 heteroatoms. The molecule has 0 amide bonds. The fourth-order valence-corrected chi connectivity index (χ4v) is 2.76. The van der Waals surface area contributed by atoms with Crippen molar-refractivity contribution in [1.29, 1.82) is 0 Å². The van der Waals surface area contributed by atoms with Crippen molar-refractivity contribution >= 4 is 0 Å². The molecule has 1 nitrogen and oxygen atoms in total. The molecule has 0 saturated heterocycles. The average Bonchev–Trinajstić information content (AvgIpc) is 2.18. The summed E-state index contributed by atoms with van der Waals surface area (Å²) in [6.07, 6.45) is 2.47. The number of fused-ring (bicyclic) bond motifs is 1. The number of hydrogen-bond acceptors (Lipinski definition) is 1. The molecule has 0 saturated carbocycles. The normalized spacial score (nSPS) is 25.9. The Labute approximate surface area is 86.3 Å². The van der Waals surface area contributed by atoms with Crippen molar-refractivity contribution in [2.24, 2.45) is 11.7 Å². The van der Waals surface area contributed by atoms with E-state index in [4.69, 9.17) is 5.73 Å². The van der Waals surface area contributed by atoms with Crippen LogP contribution < -0.4 is 5.73 Å². The predicted octanol–water partition coefficient (Wildman–Crippen LogP) is 2.62. The fraction of sp³-hybridized carbons (Fsp3) is 0.538. The average molecular weight is 189 g/mol. The molecule has 2 atom stereocenters. The number of benzene rings is 1. The molecule has 1 aliphatic rings. The molecule has 0 heterocycles. The number of nitrogens with two attached hydrogens (primary N) is 1. The molecule has 0 aliphatic heterocycles. The summed E-state index contributed by atoms with van der Waals surface area (Å²) in [4.78, 5) is 0. The van der Waals surface area contributed by atoms with Crippen LogP contribution in [0.15, 0.2) is 18.2 Å². The van der Waals surface area contributed by atoms with Gasteiger partial charge in [0, 0.05) is 0 Å². The smallest absolute Gasteiger partial charge is 0.00430 e. The lowest BCUT2D eigenvalue weighted by molar-refractivity contribution is 0.399. The molecule has 2 N–H and O–H groups in total. The molecule has 0 fully saturated rings. The largest absolute Gasteiger partial charge is 0.330 e. The molecule has 0 bridgehead atoms. The van der Waals surface area contributed by atoms with Gasteiger partial charge >= 0.3 is 0 Å². The van der Waals surface area contributed by atoms with Gasteiger partial charge in [-0.25, -0.2) is 0 Å². The third-order valence-electron chi connectivity index (χ3n) is 3.66. The highest BCUT2D eigenvalue weighted by atomic mass is 14.6. The molecule has 2 unspecified atom stereocenters. The lowest BCUT2D eigenvalue weighted by atomic mass is 9.74. The predicted molar refractivity (Wildman–Crippen MR) is 60.5 cm³/mol. The Kier molecular flexibility index (Phi) is 2.60. The quantitative estimate of drug-likeness (QED) is 0.722. The first-order valence-corrected chi connectivity index (χ1v) is 5.52. The van der Waals surface area contributed by atoms with Gasteiger partial charge in [0.05, 0.1) is 0 Å². The summed E-state index contributed by atoms with van der Waals surface area (Å²) in [6, 6.07) is 6.66. The standard InChI is InChI=1S/C13H19N/c1-9-4-3-5-11-6-7-12(8-14)10(2)13(9)11/h3-5,10,12H,6-8,14H2,1-2H3. The molecule has 2 rings (SSSR count). The van der Waals surface area contributed by atoms with E-state index in [0.717, 1.165) is 6.54 Å². The fourth-order valence-electron chi connectivity index (χ4n) is 2.76. The second-order valence-corrected chi connectivity index (χ2v) is 4.47. The molecular formula is C13H19N. The summed E-state index contributed by atoms with van der Waals surface area (Å²) < 4.78 is 0. The van der Waals surface area contributed by atoms with Crippen LogP contribution in [0.1, 0.15) is 36.0 Å². The second kappa shape index (κ2) is 3.74. The van der Waals surface area contributed by atoms with Gasteiger partial charge in [0.2, 0.25) is 0 Å². The van der Waals surface area contributed by atoms with Crippen molar-refractivity contribution in [3.05, 3.63) is 34.9 Å². The number of aryl methyl sites for hydroxylation is 2. The van der Waals surface area contributed by atoms with Crippen LogP contribution in [0, 0.1) is 12.8 Å². The van der Waals surface area contributed by atoms with E-state index < -0.39 is 0 Å². The van der Waals surface area contributed by atoms with Gasteiger partial charge in [0.1, 0.15) is 0 Å². The summed E-state index contributed by atoms with van der Waals surface area (Å²) in [7, 11) is 0. The van der Waals surface area contributed by atoms with Crippen molar-refractivity contribution in [3.8, 4) is 0 Å². The second-order valence-electron chi connectivity index (χ2n) is 4.47. The van der Waals surface area contributed by atoms with Gasteiger partial charge in [0.15, 0.2) is 0 Å². The van der Waals surface area contributed by atoms with E-state index in [0.29, 0.717) is 11.8 Å². The lowest BCUT2D eigenvalue weighted by Gasteiger charge is -2.31. The van der Waals surface area contributed by atoms with E-state index >= 15 is 0 Å². The minimum absolute atomic E-state index is 0.643. The molecule has 14 heavy (non-hydrogen) atoms. The van der Waals surface area contributed by atoms with Crippen LogP contribution in [0.2, 0.25) is 0 Å². The van der Waals surface area contributed by atoms with E-state index in [9.17, 15) is 0 Å². The van der Waals surface area contributed by atoms with E-state index in [-0.39, 0.29) is 0 Å². The highest BCUT2D eigenvalue weighted by molar-refractivity contribution is 5.39. The van der Waals surface area contributed by atoms with Crippen LogP contribution >= 0.6 is 0 Å². The van der Waals surface area contributed by atoms with Gasteiger partial charge in [-0.05, 0) is 54.8 Å². The van der Waals surface area contributed by atoms with Crippen molar-refractivity contribution in [2.75, 3.05) is 6.54 Å². The van der Waals surface area contributed by atoms with E-state index in [1.165, 1.54) is 18.4 Å². The van der Waals surface area contributed by atoms with Crippen LogP contribution in [-0.2, 0) is 6.42 Å². The summed E-state index contributed by atoms with van der Waals surface area (Å²) >= 11 is 0. The summed E-state index contributed by atoms with van der Waals surface area (Å²) in [5.41, 5.74) is 10.3. The SMILES string of the molecule is Cc1cccc2c1C(C)C(CN)CC2. The Hall–Kier alpha value is -0.820. The minimum atomic E-state index is 0.643. The molecule has 0 radical (unpaired) electrons. The van der Waals surface area contributed by atoms with Crippen LogP contribution in [0.5, 0.6) is 0 Å². The minimum Gasteiger partial charge on any atom is -0.330 e. The summed E-state index contributed by atoms with van der Waals surface area (Å²) in [5.74, 6) is 1.33. The first-order valence-electron chi connectivity index (χ1n) is 5.52. The van der Waals surface area contributed by atoms with Gasteiger partial charge < -0.3 is 5.73 Å². The first-order chi connectivity index (χ1) is 6.74. The Morgan fingerprint density at radius 2 is 2.21 bits per heavy atom. The van der Waals surface area contributed by atoms with Crippen LogP contribution in [0.4, 0.5) is 0 Å². The maximum atomic E-state index is 5.80. The van der Waals surface area contributed by atoms with Gasteiger partial charge in [-0.1, -0.05) is 25.1 Å².